The fourth-order valence-corrected chi connectivity index (χ4v) is 1.46. The van der Waals surface area contributed by atoms with E-state index in [-0.39, 0.29) is 11.5 Å². The molecular formula is C10H12F3N. The van der Waals surface area contributed by atoms with Gasteiger partial charge in [0.1, 0.15) is 5.69 Å². The summed E-state index contributed by atoms with van der Waals surface area (Å²) in [4.78, 5) is 3.37. The van der Waals surface area contributed by atoms with Crippen molar-refractivity contribution in [1.82, 2.24) is 4.98 Å². The van der Waals surface area contributed by atoms with Crippen LogP contribution >= 0.6 is 0 Å². The normalized spacial score (nSPS) is 12.2. The predicted molar refractivity (Wildman–Crippen MR) is 48.1 cm³/mol. The molecule has 0 saturated heterocycles. The molecule has 0 unspecified atom stereocenters. The molecule has 4 heteroatoms. The maximum absolute atomic E-state index is 12.4. The summed E-state index contributed by atoms with van der Waals surface area (Å²) >= 11 is 0. The molecule has 1 rings (SSSR count). The summed E-state index contributed by atoms with van der Waals surface area (Å²) in [7, 11) is 0. The summed E-state index contributed by atoms with van der Waals surface area (Å²) in [6.45, 7) is 5.19. The van der Waals surface area contributed by atoms with Gasteiger partial charge >= 0.3 is 6.18 Å². The van der Waals surface area contributed by atoms with E-state index in [0.717, 1.165) is 0 Å². The van der Waals surface area contributed by atoms with Gasteiger partial charge in [-0.05, 0) is 30.0 Å². The van der Waals surface area contributed by atoms with Crippen LogP contribution < -0.4 is 0 Å². The van der Waals surface area contributed by atoms with Crippen molar-refractivity contribution in [3.8, 4) is 0 Å². The highest BCUT2D eigenvalue weighted by Crippen LogP contribution is 2.32. The highest BCUT2D eigenvalue weighted by molar-refractivity contribution is 5.32. The molecule has 78 valence electrons. The molecule has 1 aromatic rings. The molecule has 1 nitrogen and oxygen atoms in total. The van der Waals surface area contributed by atoms with Crippen LogP contribution in [0.4, 0.5) is 13.2 Å². The first-order valence-electron chi connectivity index (χ1n) is 4.36. The summed E-state index contributed by atoms with van der Waals surface area (Å²) < 4.78 is 37.3. The van der Waals surface area contributed by atoms with E-state index in [2.05, 4.69) is 4.98 Å². The van der Waals surface area contributed by atoms with Crippen molar-refractivity contribution in [3.63, 3.8) is 0 Å². The molecule has 0 aliphatic carbocycles. The first-order chi connectivity index (χ1) is 6.34. The Balaban J connectivity index is 3.28. The third kappa shape index (κ3) is 2.05. The summed E-state index contributed by atoms with van der Waals surface area (Å²) in [5, 5.41) is 0. The molecule has 0 aromatic carbocycles. The van der Waals surface area contributed by atoms with Crippen LogP contribution in [0.5, 0.6) is 0 Å². The Morgan fingerprint density at radius 2 is 1.86 bits per heavy atom. The maximum Gasteiger partial charge on any atom is 0.433 e. The van der Waals surface area contributed by atoms with Crippen molar-refractivity contribution >= 4 is 0 Å². The quantitative estimate of drug-likeness (QED) is 0.680. The van der Waals surface area contributed by atoms with Crippen LogP contribution in [-0.2, 0) is 6.18 Å². The minimum absolute atomic E-state index is 0.0825. The smallest absolute Gasteiger partial charge is 0.252 e. The molecule has 0 fully saturated rings. The lowest BCUT2D eigenvalue weighted by Crippen LogP contribution is -2.12. The Morgan fingerprint density at radius 1 is 1.29 bits per heavy atom. The van der Waals surface area contributed by atoms with E-state index in [4.69, 9.17) is 0 Å². The van der Waals surface area contributed by atoms with Gasteiger partial charge in [-0.25, -0.2) is 0 Å². The van der Waals surface area contributed by atoms with Crippen LogP contribution in [0.2, 0.25) is 0 Å². The lowest BCUT2D eigenvalue weighted by Gasteiger charge is -2.14. The predicted octanol–water partition coefficient (Wildman–Crippen LogP) is 3.53. The Kier molecular flexibility index (Phi) is 2.83. The summed E-state index contributed by atoms with van der Waals surface area (Å²) in [5.41, 5.74) is 0.158. The summed E-state index contributed by atoms with van der Waals surface area (Å²) in [6.07, 6.45) is -3.14. The SMILES string of the molecule is Cc1c(C(C)C)ccnc1C(F)(F)F. The molecule has 0 bridgehead atoms. The van der Waals surface area contributed by atoms with Gasteiger partial charge < -0.3 is 0 Å². The van der Waals surface area contributed by atoms with Crippen molar-refractivity contribution in [2.45, 2.75) is 32.9 Å². The molecule has 1 heterocycles. The lowest BCUT2D eigenvalue weighted by atomic mass is 9.98. The fraction of sp³-hybridized carbons (Fsp3) is 0.500. The zero-order valence-electron chi connectivity index (χ0n) is 8.31. The van der Waals surface area contributed by atoms with E-state index in [1.54, 1.807) is 6.07 Å². The molecular weight excluding hydrogens is 191 g/mol. The van der Waals surface area contributed by atoms with E-state index in [9.17, 15) is 13.2 Å². The molecule has 0 radical (unpaired) electrons. The molecule has 0 amide bonds. The molecule has 0 aliphatic heterocycles. The summed E-state index contributed by atoms with van der Waals surface area (Å²) in [6, 6.07) is 1.63. The van der Waals surface area contributed by atoms with Crippen molar-refractivity contribution in [2.75, 3.05) is 0 Å². The van der Waals surface area contributed by atoms with Gasteiger partial charge in [-0.15, -0.1) is 0 Å². The number of aromatic nitrogens is 1. The minimum atomic E-state index is -4.35. The number of nitrogens with zero attached hydrogens (tertiary/aromatic N) is 1. The zero-order chi connectivity index (χ0) is 10.9. The van der Waals surface area contributed by atoms with Crippen molar-refractivity contribution < 1.29 is 13.2 Å². The lowest BCUT2D eigenvalue weighted by molar-refractivity contribution is -0.141. The second-order valence-corrected chi connectivity index (χ2v) is 3.53. The topological polar surface area (TPSA) is 12.9 Å². The molecule has 0 atom stereocenters. The van der Waals surface area contributed by atoms with Crippen LogP contribution in [0.25, 0.3) is 0 Å². The van der Waals surface area contributed by atoms with Gasteiger partial charge in [-0.1, -0.05) is 13.8 Å². The highest BCUT2D eigenvalue weighted by atomic mass is 19.4. The Bertz CT molecular complexity index is 329. The van der Waals surface area contributed by atoms with E-state index < -0.39 is 11.9 Å². The van der Waals surface area contributed by atoms with Crippen LogP contribution in [0, 0.1) is 6.92 Å². The average Bonchev–Trinajstić information content (AvgIpc) is 2.01. The van der Waals surface area contributed by atoms with Crippen molar-refractivity contribution in [2.24, 2.45) is 0 Å². The van der Waals surface area contributed by atoms with E-state index in [0.29, 0.717) is 5.56 Å². The number of halogens is 3. The van der Waals surface area contributed by atoms with Gasteiger partial charge in [-0.2, -0.15) is 13.2 Å². The largest absolute Gasteiger partial charge is 0.433 e. The number of rotatable bonds is 1. The molecule has 0 N–H and O–H groups in total. The third-order valence-corrected chi connectivity index (χ3v) is 2.14. The summed E-state index contributed by atoms with van der Waals surface area (Å²) in [5.74, 6) is 0.0825. The number of hydrogen-bond acceptors (Lipinski definition) is 1. The van der Waals surface area contributed by atoms with E-state index in [1.165, 1.54) is 13.1 Å². The second-order valence-electron chi connectivity index (χ2n) is 3.53. The van der Waals surface area contributed by atoms with Crippen LogP contribution in [0.3, 0.4) is 0 Å². The average molecular weight is 203 g/mol. The van der Waals surface area contributed by atoms with Crippen LogP contribution in [0.1, 0.15) is 36.6 Å². The van der Waals surface area contributed by atoms with Gasteiger partial charge in [-0.3, -0.25) is 4.98 Å². The fourth-order valence-electron chi connectivity index (χ4n) is 1.46. The molecule has 0 aliphatic rings. The number of pyridine rings is 1. The Hall–Kier alpha value is -1.06. The Morgan fingerprint density at radius 3 is 2.29 bits per heavy atom. The van der Waals surface area contributed by atoms with Gasteiger partial charge in [0.05, 0.1) is 0 Å². The molecule has 0 spiro atoms. The third-order valence-electron chi connectivity index (χ3n) is 2.14. The van der Waals surface area contributed by atoms with Gasteiger partial charge in [0.2, 0.25) is 0 Å². The number of alkyl halides is 3. The van der Waals surface area contributed by atoms with E-state index in [1.807, 2.05) is 13.8 Å². The van der Waals surface area contributed by atoms with Gasteiger partial charge in [0.15, 0.2) is 0 Å². The first kappa shape index (κ1) is 11.0. The van der Waals surface area contributed by atoms with Gasteiger partial charge in [0, 0.05) is 6.20 Å². The van der Waals surface area contributed by atoms with Crippen molar-refractivity contribution in [3.05, 3.63) is 29.1 Å². The maximum atomic E-state index is 12.4. The number of hydrogen-bond donors (Lipinski definition) is 0. The highest BCUT2D eigenvalue weighted by Gasteiger charge is 2.34. The van der Waals surface area contributed by atoms with E-state index >= 15 is 0 Å². The van der Waals surface area contributed by atoms with Crippen molar-refractivity contribution in [1.29, 1.82) is 0 Å². The standard InChI is InChI=1S/C10H12F3N/c1-6(2)8-4-5-14-9(7(8)3)10(11,12)13/h4-6H,1-3H3. The minimum Gasteiger partial charge on any atom is -0.252 e. The zero-order valence-corrected chi connectivity index (χ0v) is 8.31. The Labute approximate surface area is 81.0 Å². The molecule has 0 saturated carbocycles. The monoisotopic (exact) mass is 203 g/mol. The van der Waals surface area contributed by atoms with Gasteiger partial charge in [0.25, 0.3) is 0 Å². The van der Waals surface area contributed by atoms with Crippen LogP contribution in [-0.4, -0.2) is 4.98 Å². The van der Waals surface area contributed by atoms with Crippen LogP contribution in [0.15, 0.2) is 12.3 Å². The molecule has 1 aromatic heterocycles. The second kappa shape index (κ2) is 3.59. The molecule has 14 heavy (non-hydrogen) atoms. The first-order valence-corrected chi connectivity index (χ1v) is 4.36.